The summed E-state index contributed by atoms with van der Waals surface area (Å²) in [5.41, 5.74) is 1.33. The number of hydrogen-bond donors (Lipinski definition) is 0. The Morgan fingerprint density at radius 3 is 2.68 bits per heavy atom. The fraction of sp³-hybridized carbons (Fsp3) is 0.182. The van der Waals surface area contributed by atoms with Crippen molar-refractivity contribution in [3.05, 3.63) is 81.5 Å². The molecule has 0 aromatic heterocycles. The lowest BCUT2D eigenvalue weighted by Crippen LogP contribution is -2.20. The molecule has 0 fully saturated rings. The standard InChI is InChI=1S/C22H19NO5/c1-3-27-20-11-9-15(12-21(20)26-2)22-18(23(24)25)13-17-16-7-5-4-6-14(16)8-10-19(17)28-22/h4-13,22H,3H2,1-2H3. The van der Waals surface area contributed by atoms with Crippen LogP contribution in [0.3, 0.4) is 0 Å². The van der Waals surface area contributed by atoms with E-state index in [2.05, 4.69) is 0 Å². The highest BCUT2D eigenvalue weighted by Gasteiger charge is 2.34. The predicted octanol–water partition coefficient (Wildman–Crippen LogP) is 5.00. The van der Waals surface area contributed by atoms with Crippen LogP contribution in [0, 0.1) is 10.1 Å². The minimum atomic E-state index is -0.840. The van der Waals surface area contributed by atoms with Gasteiger partial charge in [0.1, 0.15) is 5.75 Å². The van der Waals surface area contributed by atoms with Gasteiger partial charge in [-0.15, -0.1) is 0 Å². The van der Waals surface area contributed by atoms with Crippen molar-refractivity contribution in [3.8, 4) is 17.2 Å². The third-order valence-electron chi connectivity index (χ3n) is 4.74. The van der Waals surface area contributed by atoms with Gasteiger partial charge < -0.3 is 14.2 Å². The Hall–Kier alpha value is -3.54. The molecule has 0 bridgehead atoms. The van der Waals surface area contributed by atoms with Crippen LogP contribution in [-0.4, -0.2) is 18.6 Å². The highest BCUT2D eigenvalue weighted by Crippen LogP contribution is 2.42. The van der Waals surface area contributed by atoms with E-state index >= 15 is 0 Å². The van der Waals surface area contributed by atoms with Gasteiger partial charge in [-0.3, -0.25) is 10.1 Å². The van der Waals surface area contributed by atoms with E-state index in [1.165, 1.54) is 7.11 Å². The van der Waals surface area contributed by atoms with Gasteiger partial charge in [0.2, 0.25) is 6.10 Å². The van der Waals surface area contributed by atoms with Crippen LogP contribution in [0.4, 0.5) is 0 Å². The lowest BCUT2D eigenvalue weighted by molar-refractivity contribution is -0.434. The summed E-state index contributed by atoms with van der Waals surface area (Å²) in [7, 11) is 1.54. The van der Waals surface area contributed by atoms with Gasteiger partial charge in [0, 0.05) is 17.2 Å². The van der Waals surface area contributed by atoms with Crippen LogP contribution in [0.2, 0.25) is 0 Å². The summed E-state index contributed by atoms with van der Waals surface area (Å²) in [6.07, 6.45) is 0.766. The average Bonchev–Trinajstić information content (AvgIpc) is 2.73. The predicted molar refractivity (Wildman–Crippen MR) is 106 cm³/mol. The first-order chi connectivity index (χ1) is 13.6. The second-order valence-electron chi connectivity index (χ2n) is 6.37. The molecule has 0 aliphatic carbocycles. The number of rotatable bonds is 5. The van der Waals surface area contributed by atoms with E-state index in [-0.39, 0.29) is 5.70 Å². The highest BCUT2D eigenvalue weighted by atomic mass is 16.6. The second kappa shape index (κ2) is 7.23. The maximum atomic E-state index is 11.8. The van der Waals surface area contributed by atoms with Crippen LogP contribution < -0.4 is 14.2 Å². The van der Waals surface area contributed by atoms with Gasteiger partial charge in [-0.25, -0.2) is 0 Å². The molecule has 0 amide bonds. The first kappa shape index (κ1) is 17.9. The summed E-state index contributed by atoms with van der Waals surface area (Å²) in [4.78, 5) is 11.4. The van der Waals surface area contributed by atoms with Crippen molar-refractivity contribution in [1.29, 1.82) is 0 Å². The normalized spacial score (nSPS) is 15.4. The minimum absolute atomic E-state index is 0.0185. The molecule has 6 nitrogen and oxygen atoms in total. The number of ether oxygens (including phenoxy) is 3. The van der Waals surface area contributed by atoms with Crippen molar-refractivity contribution in [1.82, 2.24) is 0 Å². The van der Waals surface area contributed by atoms with Gasteiger partial charge in [0.15, 0.2) is 11.5 Å². The Labute approximate surface area is 162 Å². The Balaban J connectivity index is 1.83. The Morgan fingerprint density at radius 2 is 1.93 bits per heavy atom. The zero-order valence-electron chi connectivity index (χ0n) is 15.5. The smallest absolute Gasteiger partial charge is 0.291 e. The molecule has 0 spiro atoms. The maximum absolute atomic E-state index is 11.8. The molecule has 0 saturated heterocycles. The summed E-state index contributed by atoms with van der Waals surface area (Å²) in [5.74, 6) is 1.71. The molecule has 28 heavy (non-hydrogen) atoms. The summed E-state index contributed by atoms with van der Waals surface area (Å²) in [6, 6.07) is 16.8. The zero-order valence-corrected chi connectivity index (χ0v) is 15.5. The summed E-state index contributed by atoms with van der Waals surface area (Å²) < 4.78 is 17.0. The first-order valence-electron chi connectivity index (χ1n) is 8.97. The van der Waals surface area contributed by atoms with E-state index in [1.807, 2.05) is 43.3 Å². The third kappa shape index (κ3) is 3.03. The summed E-state index contributed by atoms with van der Waals surface area (Å²) in [5, 5.41) is 13.7. The quantitative estimate of drug-likeness (QED) is 0.462. The zero-order chi connectivity index (χ0) is 19.7. The van der Waals surface area contributed by atoms with Crippen molar-refractivity contribution >= 4 is 16.8 Å². The second-order valence-corrected chi connectivity index (χ2v) is 6.37. The lowest BCUT2D eigenvalue weighted by atomic mass is 9.97. The Morgan fingerprint density at radius 1 is 1.11 bits per heavy atom. The van der Waals surface area contributed by atoms with Gasteiger partial charge in [-0.2, -0.15) is 0 Å². The number of nitro groups is 1. The van der Waals surface area contributed by atoms with Crippen LogP contribution in [0.5, 0.6) is 17.2 Å². The average molecular weight is 377 g/mol. The van der Waals surface area contributed by atoms with E-state index in [4.69, 9.17) is 14.2 Å². The summed E-state index contributed by atoms with van der Waals surface area (Å²) in [6.45, 7) is 2.38. The van der Waals surface area contributed by atoms with E-state index in [1.54, 1.807) is 24.3 Å². The number of fused-ring (bicyclic) bond motifs is 3. The number of nitrogens with zero attached hydrogens (tertiary/aromatic N) is 1. The van der Waals surface area contributed by atoms with Gasteiger partial charge in [-0.05, 0) is 35.9 Å². The van der Waals surface area contributed by atoms with Gasteiger partial charge in [0.05, 0.1) is 18.6 Å². The van der Waals surface area contributed by atoms with Gasteiger partial charge >= 0.3 is 0 Å². The molecule has 1 unspecified atom stereocenters. The minimum Gasteiger partial charge on any atom is -0.493 e. The molecular weight excluding hydrogens is 358 g/mol. The Kier molecular flexibility index (Phi) is 4.61. The monoisotopic (exact) mass is 377 g/mol. The van der Waals surface area contributed by atoms with Crippen molar-refractivity contribution in [2.45, 2.75) is 13.0 Å². The molecule has 3 aromatic rings. The molecule has 3 aromatic carbocycles. The Bertz CT molecular complexity index is 1090. The van der Waals surface area contributed by atoms with Crippen LogP contribution in [-0.2, 0) is 0 Å². The van der Waals surface area contributed by atoms with E-state index in [9.17, 15) is 10.1 Å². The van der Waals surface area contributed by atoms with Crippen LogP contribution in [0.15, 0.2) is 60.3 Å². The van der Waals surface area contributed by atoms with Gasteiger partial charge in [0.25, 0.3) is 5.70 Å². The van der Waals surface area contributed by atoms with Gasteiger partial charge in [-0.1, -0.05) is 36.4 Å². The maximum Gasteiger partial charge on any atom is 0.291 e. The lowest BCUT2D eigenvalue weighted by Gasteiger charge is -2.24. The van der Waals surface area contributed by atoms with E-state index in [0.717, 1.165) is 16.3 Å². The number of methoxy groups -OCH3 is 1. The molecule has 0 N–H and O–H groups in total. The van der Waals surface area contributed by atoms with Crippen LogP contribution in [0.25, 0.3) is 16.8 Å². The van der Waals surface area contributed by atoms with Crippen molar-refractivity contribution < 1.29 is 19.1 Å². The van der Waals surface area contributed by atoms with Crippen molar-refractivity contribution in [3.63, 3.8) is 0 Å². The SMILES string of the molecule is CCOc1ccc(C2Oc3ccc4ccccc4c3C=C2[N+](=O)[O-])cc1OC. The largest absolute Gasteiger partial charge is 0.493 e. The fourth-order valence-electron chi connectivity index (χ4n) is 3.45. The van der Waals surface area contributed by atoms with E-state index in [0.29, 0.717) is 29.4 Å². The molecule has 142 valence electrons. The fourth-order valence-corrected chi connectivity index (χ4v) is 3.45. The molecule has 1 aliphatic rings. The third-order valence-corrected chi connectivity index (χ3v) is 4.74. The molecule has 1 heterocycles. The molecule has 0 saturated carbocycles. The highest BCUT2D eigenvalue weighted by molar-refractivity contribution is 5.93. The topological polar surface area (TPSA) is 70.8 Å². The van der Waals surface area contributed by atoms with Crippen molar-refractivity contribution in [2.24, 2.45) is 0 Å². The van der Waals surface area contributed by atoms with E-state index < -0.39 is 11.0 Å². The molecule has 1 atom stereocenters. The number of hydrogen-bond acceptors (Lipinski definition) is 5. The van der Waals surface area contributed by atoms with Crippen LogP contribution >= 0.6 is 0 Å². The van der Waals surface area contributed by atoms with Crippen LogP contribution in [0.1, 0.15) is 24.2 Å². The number of benzene rings is 3. The first-order valence-corrected chi connectivity index (χ1v) is 8.97. The molecule has 0 radical (unpaired) electrons. The molecule has 4 rings (SSSR count). The molecular formula is C22H19NO5. The molecule has 6 heteroatoms. The van der Waals surface area contributed by atoms with Crippen molar-refractivity contribution in [2.75, 3.05) is 13.7 Å². The molecule has 1 aliphatic heterocycles. The summed E-state index contributed by atoms with van der Waals surface area (Å²) >= 11 is 0.